The van der Waals surface area contributed by atoms with E-state index in [0.717, 1.165) is 20.1 Å². The van der Waals surface area contributed by atoms with Crippen LogP contribution >= 0.6 is 31.9 Å². The van der Waals surface area contributed by atoms with E-state index in [1.807, 2.05) is 54.6 Å². The van der Waals surface area contributed by atoms with Crippen LogP contribution in [0.5, 0.6) is 5.75 Å². The molecule has 3 aromatic rings. The molecule has 0 aliphatic carbocycles. The number of halogens is 2. The number of anilines is 1. The van der Waals surface area contributed by atoms with Crippen molar-refractivity contribution in [1.29, 1.82) is 0 Å². The molecule has 0 saturated carbocycles. The number of carbonyl (C=O) groups is 2. The van der Waals surface area contributed by atoms with Crippen LogP contribution in [0.2, 0.25) is 0 Å². The monoisotopic (exact) mass is 543 g/mol. The van der Waals surface area contributed by atoms with Gasteiger partial charge in [0.25, 0.3) is 0 Å². The van der Waals surface area contributed by atoms with Crippen LogP contribution in [-0.2, 0) is 16.2 Å². The van der Waals surface area contributed by atoms with Crippen molar-refractivity contribution in [2.75, 3.05) is 5.32 Å². The molecule has 2 amide bonds. The van der Waals surface area contributed by atoms with Crippen molar-refractivity contribution in [3.05, 3.63) is 92.9 Å². The molecule has 0 unspecified atom stereocenters. The zero-order valence-corrected chi connectivity index (χ0v) is 19.5. The molecule has 0 aliphatic heterocycles. The Morgan fingerprint density at radius 2 is 1.65 bits per heavy atom. The smallest absolute Gasteiger partial charge is 0.249 e. The molecule has 3 aromatic carbocycles. The molecule has 6 nitrogen and oxygen atoms in total. The van der Waals surface area contributed by atoms with E-state index in [-0.39, 0.29) is 6.42 Å². The molecule has 0 spiro atoms. The van der Waals surface area contributed by atoms with Gasteiger partial charge < -0.3 is 10.1 Å². The number of hydrogen-bond donors (Lipinski definition) is 2. The highest BCUT2D eigenvalue weighted by Crippen LogP contribution is 2.26. The minimum Gasteiger partial charge on any atom is -0.488 e. The Kier molecular flexibility index (Phi) is 8.37. The molecule has 0 radical (unpaired) electrons. The van der Waals surface area contributed by atoms with Crippen LogP contribution < -0.4 is 15.5 Å². The fourth-order valence-corrected chi connectivity index (χ4v) is 3.47. The second-order valence-electron chi connectivity index (χ2n) is 6.46. The topological polar surface area (TPSA) is 79.8 Å². The number of hydrazone groups is 1. The number of nitrogens with one attached hydrogen (secondary N) is 2. The summed E-state index contributed by atoms with van der Waals surface area (Å²) >= 11 is 6.82. The summed E-state index contributed by atoms with van der Waals surface area (Å²) in [6, 6.07) is 22.5. The molecule has 0 aliphatic rings. The first-order valence-electron chi connectivity index (χ1n) is 9.34. The van der Waals surface area contributed by atoms with Crippen LogP contribution in [0.3, 0.4) is 0 Å². The van der Waals surface area contributed by atoms with Gasteiger partial charge in [-0.1, -0.05) is 42.5 Å². The van der Waals surface area contributed by atoms with Gasteiger partial charge in [0.05, 0.1) is 16.4 Å². The van der Waals surface area contributed by atoms with Gasteiger partial charge in [0, 0.05) is 4.47 Å². The normalized spacial score (nSPS) is 10.6. The largest absolute Gasteiger partial charge is 0.488 e. The predicted octanol–water partition coefficient (Wildman–Crippen LogP) is 5.27. The van der Waals surface area contributed by atoms with Gasteiger partial charge >= 0.3 is 0 Å². The molecule has 0 fully saturated rings. The molecule has 2 N–H and O–H groups in total. The van der Waals surface area contributed by atoms with E-state index < -0.39 is 11.8 Å². The lowest BCUT2D eigenvalue weighted by molar-refractivity contribution is -0.126. The Labute approximate surface area is 197 Å². The quantitative estimate of drug-likeness (QED) is 0.230. The number of amides is 2. The Morgan fingerprint density at radius 1 is 0.903 bits per heavy atom. The van der Waals surface area contributed by atoms with Gasteiger partial charge in [0.15, 0.2) is 0 Å². The van der Waals surface area contributed by atoms with Crippen LogP contribution in [0.15, 0.2) is 86.8 Å². The first-order chi connectivity index (χ1) is 15.0. The second kappa shape index (κ2) is 11.4. The van der Waals surface area contributed by atoms with Crippen LogP contribution in [0.4, 0.5) is 5.69 Å². The third kappa shape index (κ3) is 7.34. The maximum Gasteiger partial charge on any atom is 0.249 e. The maximum absolute atomic E-state index is 12.0. The fraction of sp³-hybridized carbons (Fsp3) is 0.0870. The highest BCUT2D eigenvalue weighted by Gasteiger charge is 2.10. The lowest BCUT2D eigenvalue weighted by atomic mass is 10.2. The number of benzene rings is 3. The summed E-state index contributed by atoms with van der Waals surface area (Å²) in [5.41, 5.74) is 4.79. The van der Waals surface area contributed by atoms with E-state index in [9.17, 15) is 9.59 Å². The number of nitrogens with zero attached hydrogens (tertiary/aromatic N) is 1. The lowest BCUT2D eigenvalue weighted by Crippen LogP contribution is -2.24. The molecule has 0 saturated heterocycles. The van der Waals surface area contributed by atoms with Crippen molar-refractivity contribution in [1.82, 2.24) is 5.43 Å². The Hall–Kier alpha value is -2.97. The maximum atomic E-state index is 12.0. The summed E-state index contributed by atoms with van der Waals surface area (Å²) in [6.07, 6.45) is 1.16. The molecule has 0 bridgehead atoms. The van der Waals surface area contributed by atoms with Crippen molar-refractivity contribution in [3.63, 3.8) is 0 Å². The average Bonchev–Trinajstić information content (AvgIpc) is 2.75. The van der Waals surface area contributed by atoms with Crippen LogP contribution in [-0.4, -0.2) is 18.0 Å². The third-order valence-corrected chi connectivity index (χ3v) is 5.38. The molecule has 8 heteroatoms. The molecule has 31 heavy (non-hydrogen) atoms. The SMILES string of the molecule is O=C(CC(=O)Nc1ccccc1Br)NN=Cc1ccc(OCc2ccccc2)c(Br)c1. The van der Waals surface area contributed by atoms with E-state index in [1.165, 1.54) is 6.21 Å². The average molecular weight is 545 g/mol. The van der Waals surface area contributed by atoms with Crippen molar-refractivity contribution < 1.29 is 14.3 Å². The number of para-hydroxylation sites is 1. The molecule has 0 atom stereocenters. The summed E-state index contributed by atoms with van der Waals surface area (Å²) in [5, 5.41) is 6.58. The summed E-state index contributed by atoms with van der Waals surface area (Å²) in [7, 11) is 0. The number of ether oxygens (including phenoxy) is 1. The molecule has 0 aromatic heterocycles. The summed E-state index contributed by atoms with van der Waals surface area (Å²) < 4.78 is 7.32. The van der Waals surface area contributed by atoms with Crippen LogP contribution in [0, 0.1) is 0 Å². The summed E-state index contributed by atoms with van der Waals surface area (Å²) in [4.78, 5) is 23.9. The number of carbonyl (C=O) groups excluding carboxylic acids is 2. The highest BCUT2D eigenvalue weighted by molar-refractivity contribution is 9.11. The van der Waals surface area contributed by atoms with Crippen molar-refractivity contribution in [3.8, 4) is 5.75 Å². The van der Waals surface area contributed by atoms with E-state index in [1.54, 1.807) is 18.2 Å². The van der Waals surface area contributed by atoms with Gasteiger partial charge in [-0.05, 0) is 73.3 Å². The second-order valence-corrected chi connectivity index (χ2v) is 8.17. The molecular formula is C23H19Br2N3O3. The van der Waals surface area contributed by atoms with Crippen LogP contribution in [0.1, 0.15) is 17.5 Å². The number of hydrogen-bond acceptors (Lipinski definition) is 4. The molecular weight excluding hydrogens is 526 g/mol. The standard InChI is InChI=1S/C23H19Br2N3O3/c24-18-8-4-5-9-20(18)27-22(29)13-23(30)28-26-14-17-10-11-21(19(25)12-17)31-15-16-6-2-1-3-7-16/h1-12,14H,13,15H2,(H,27,29)(H,28,30). The Balaban J connectivity index is 1.47. The Morgan fingerprint density at radius 3 is 2.39 bits per heavy atom. The highest BCUT2D eigenvalue weighted by atomic mass is 79.9. The zero-order chi connectivity index (χ0) is 22.1. The third-order valence-electron chi connectivity index (χ3n) is 4.07. The lowest BCUT2D eigenvalue weighted by Gasteiger charge is -2.09. The summed E-state index contributed by atoms with van der Waals surface area (Å²) in [6.45, 7) is 0.463. The van der Waals surface area contributed by atoms with E-state index in [4.69, 9.17) is 4.74 Å². The van der Waals surface area contributed by atoms with Gasteiger partial charge in [-0.25, -0.2) is 5.43 Å². The van der Waals surface area contributed by atoms with Gasteiger partial charge in [-0.3, -0.25) is 9.59 Å². The minimum atomic E-state index is -0.511. The van der Waals surface area contributed by atoms with Gasteiger partial charge in [0.2, 0.25) is 11.8 Å². The van der Waals surface area contributed by atoms with Crippen LogP contribution in [0.25, 0.3) is 0 Å². The molecule has 158 valence electrons. The predicted molar refractivity (Wildman–Crippen MR) is 128 cm³/mol. The van der Waals surface area contributed by atoms with Crippen molar-refractivity contribution in [2.45, 2.75) is 13.0 Å². The first-order valence-corrected chi connectivity index (χ1v) is 10.9. The van der Waals surface area contributed by atoms with Gasteiger partial charge in [-0.15, -0.1) is 0 Å². The zero-order valence-electron chi connectivity index (χ0n) is 16.3. The molecule has 3 rings (SSSR count). The van der Waals surface area contributed by atoms with E-state index in [0.29, 0.717) is 18.0 Å². The van der Waals surface area contributed by atoms with Gasteiger partial charge in [0.1, 0.15) is 18.8 Å². The van der Waals surface area contributed by atoms with Gasteiger partial charge in [-0.2, -0.15) is 5.10 Å². The van der Waals surface area contributed by atoms with Crippen molar-refractivity contribution >= 4 is 55.6 Å². The van der Waals surface area contributed by atoms with Crippen molar-refractivity contribution in [2.24, 2.45) is 5.10 Å². The molecule has 0 heterocycles. The van der Waals surface area contributed by atoms with E-state index in [2.05, 4.69) is 47.7 Å². The minimum absolute atomic E-state index is 0.339. The number of rotatable bonds is 8. The summed E-state index contributed by atoms with van der Waals surface area (Å²) in [5.74, 6) is -0.237. The fourth-order valence-electron chi connectivity index (χ4n) is 2.57. The first kappa shape index (κ1) is 22.7. The Bertz CT molecular complexity index is 1090. The van der Waals surface area contributed by atoms with E-state index >= 15 is 0 Å².